The summed E-state index contributed by atoms with van der Waals surface area (Å²) < 4.78 is 10.6. The first kappa shape index (κ1) is 50.1. The Morgan fingerprint density at radius 2 is 0.769 bits per heavy atom. The summed E-state index contributed by atoms with van der Waals surface area (Å²) in [6.07, 6.45) is 53.5. The maximum absolute atomic E-state index is 12.2. The summed E-state index contributed by atoms with van der Waals surface area (Å²) in [6, 6.07) is 0. The van der Waals surface area contributed by atoms with Crippen molar-refractivity contribution >= 4 is 11.9 Å². The molecule has 1 atom stereocenters. The van der Waals surface area contributed by atoms with Gasteiger partial charge in [0.1, 0.15) is 6.61 Å². The number of ether oxygens (including phenoxy) is 2. The van der Waals surface area contributed by atoms with E-state index in [-0.39, 0.29) is 25.2 Å². The topological polar surface area (TPSA) is 72.8 Å². The normalized spacial score (nSPS) is 12.4. The van der Waals surface area contributed by atoms with Gasteiger partial charge in [0.15, 0.2) is 6.10 Å². The van der Waals surface area contributed by atoms with Crippen molar-refractivity contribution in [1.82, 2.24) is 0 Å². The second kappa shape index (κ2) is 43.5. The summed E-state index contributed by atoms with van der Waals surface area (Å²) in [5.41, 5.74) is 0. The lowest BCUT2D eigenvalue weighted by Gasteiger charge is -2.15. The van der Waals surface area contributed by atoms with Gasteiger partial charge in [0.2, 0.25) is 0 Å². The number of hydrogen-bond donors (Lipinski definition) is 1. The minimum Gasteiger partial charge on any atom is -0.462 e. The van der Waals surface area contributed by atoms with Gasteiger partial charge in [-0.15, -0.1) is 0 Å². The second-order valence-electron chi connectivity index (χ2n) is 15.1. The molecule has 0 aliphatic carbocycles. The summed E-state index contributed by atoms with van der Waals surface area (Å²) in [7, 11) is 0. The number of aliphatic hydroxyl groups is 1. The number of carbonyl (C=O) groups excluding carboxylic acids is 2. The maximum Gasteiger partial charge on any atom is 0.306 e. The van der Waals surface area contributed by atoms with Crippen molar-refractivity contribution in [3.05, 3.63) is 36.5 Å². The Morgan fingerprint density at radius 3 is 1.19 bits per heavy atom. The van der Waals surface area contributed by atoms with Crippen molar-refractivity contribution in [2.24, 2.45) is 0 Å². The van der Waals surface area contributed by atoms with Crippen LogP contribution in [0.15, 0.2) is 36.5 Å². The van der Waals surface area contributed by atoms with Crippen molar-refractivity contribution < 1.29 is 24.2 Å². The minimum atomic E-state index is -0.773. The predicted molar refractivity (Wildman–Crippen MR) is 224 cm³/mol. The van der Waals surface area contributed by atoms with E-state index in [1.807, 2.05) is 0 Å². The van der Waals surface area contributed by atoms with Crippen molar-refractivity contribution in [2.75, 3.05) is 13.2 Å². The van der Waals surface area contributed by atoms with Crippen LogP contribution in [0.3, 0.4) is 0 Å². The fraction of sp³-hybridized carbons (Fsp3) is 0.830. The number of esters is 2. The van der Waals surface area contributed by atoms with Crippen molar-refractivity contribution in [3.63, 3.8) is 0 Å². The minimum absolute atomic E-state index is 0.0667. The third kappa shape index (κ3) is 40.9. The average molecular weight is 731 g/mol. The molecule has 0 aromatic rings. The third-order valence-electron chi connectivity index (χ3n) is 9.91. The molecule has 0 amide bonds. The fourth-order valence-corrected chi connectivity index (χ4v) is 6.46. The van der Waals surface area contributed by atoms with Gasteiger partial charge in [-0.1, -0.05) is 185 Å². The molecule has 5 heteroatoms. The Labute approximate surface area is 323 Å². The lowest BCUT2D eigenvalue weighted by atomic mass is 10.1. The van der Waals surface area contributed by atoms with Crippen LogP contribution in [0.25, 0.3) is 0 Å². The maximum atomic E-state index is 12.2. The lowest BCUT2D eigenvalue weighted by molar-refractivity contribution is -0.161. The van der Waals surface area contributed by atoms with Gasteiger partial charge in [0, 0.05) is 12.8 Å². The van der Waals surface area contributed by atoms with Crippen LogP contribution in [0.2, 0.25) is 0 Å². The van der Waals surface area contributed by atoms with E-state index in [4.69, 9.17) is 9.47 Å². The van der Waals surface area contributed by atoms with Gasteiger partial charge in [-0.25, -0.2) is 0 Å². The SMILES string of the molecule is CCCCCC=CCC=CCCCCCCCCCCCC(=O)O[C@@H](CO)COC(=O)CCCCCCCCCCCC=CCCCCCCCC. The number of aliphatic hydroxyl groups excluding tert-OH is 1. The third-order valence-corrected chi connectivity index (χ3v) is 9.91. The highest BCUT2D eigenvalue weighted by molar-refractivity contribution is 5.70. The molecule has 0 aromatic heterocycles. The van der Waals surface area contributed by atoms with E-state index in [2.05, 4.69) is 50.3 Å². The van der Waals surface area contributed by atoms with E-state index < -0.39 is 6.10 Å². The first-order valence-corrected chi connectivity index (χ1v) is 22.5. The van der Waals surface area contributed by atoms with Gasteiger partial charge >= 0.3 is 11.9 Å². The number of allylic oxidation sites excluding steroid dienone is 6. The van der Waals surface area contributed by atoms with E-state index in [1.165, 1.54) is 161 Å². The Morgan fingerprint density at radius 1 is 0.442 bits per heavy atom. The average Bonchev–Trinajstić information content (AvgIpc) is 3.15. The Bertz CT molecular complexity index is 832. The number of hydrogen-bond acceptors (Lipinski definition) is 5. The van der Waals surface area contributed by atoms with Crippen LogP contribution in [0.1, 0.15) is 232 Å². The molecular weight excluding hydrogens is 645 g/mol. The highest BCUT2D eigenvalue weighted by Crippen LogP contribution is 2.14. The molecule has 0 saturated heterocycles. The molecule has 5 nitrogen and oxygen atoms in total. The van der Waals surface area contributed by atoms with Crippen molar-refractivity contribution in [1.29, 1.82) is 0 Å². The van der Waals surface area contributed by atoms with Crippen LogP contribution in [0.5, 0.6) is 0 Å². The van der Waals surface area contributed by atoms with E-state index >= 15 is 0 Å². The van der Waals surface area contributed by atoms with Gasteiger partial charge < -0.3 is 14.6 Å². The van der Waals surface area contributed by atoms with Gasteiger partial charge in [0.25, 0.3) is 0 Å². The molecule has 0 spiro atoms. The number of rotatable bonds is 41. The lowest BCUT2D eigenvalue weighted by Crippen LogP contribution is -2.28. The van der Waals surface area contributed by atoms with Crippen LogP contribution in [0.4, 0.5) is 0 Å². The standard InChI is InChI=1S/C47H86O5/c1-3-5-7-9-11-13-15-17-19-21-23-25-27-29-31-33-35-37-39-41-46(49)51-44-45(43-48)52-47(50)42-40-38-36-34-32-30-28-26-24-22-20-18-16-14-12-10-8-6-4-2/h12,14,17-20,45,48H,3-11,13,15-16,21-44H2,1-2H3/t45-/m0/s1. The number of carbonyl (C=O) groups is 2. The Hall–Kier alpha value is -1.88. The molecule has 0 aliphatic rings. The highest BCUT2D eigenvalue weighted by atomic mass is 16.6. The Balaban J connectivity index is 3.52. The summed E-state index contributed by atoms with van der Waals surface area (Å²) in [6.45, 7) is 4.12. The molecule has 0 fully saturated rings. The summed E-state index contributed by atoms with van der Waals surface area (Å²) in [4.78, 5) is 24.4. The van der Waals surface area contributed by atoms with E-state index in [0.29, 0.717) is 12.8 Å². The monoisotopic (exact) mass is 731 g/mol. The number of unbranched alkanes of at least 4 members (excludes halogenated alkanes) is 27. The van der Waals surface area contributed by atoms with Crippen LogP contribution in [0, 0.1) is 0 Å². The molecule has 0 aliphatic heterocycles. The van der Waals surface area contributed by atoms with E-state index in [1.54, 1.807) is 0 Å². The van der Waals surface area contributed by atoms with Gasteiger partial charge in [-0.2, -0.15) is 0 Å². The molecule has 0 saturated carbocycles. The smallest absolute Gasteiger partial charge is 0.306 e. The molecular formula is C47H86O5. The molecule has 0 heterocycles. The van der Waals surface area contributed by atoms with Crippen LogP contribution >= 0.6 is 0 Å². The van der Waals surface area contributed by atoms with Gasteiger partial charge in [0.05, 0.1) is 6.61 Å². The van der Waals surface area contributed by atoms with Crippen molar-refractivity contribution in [2.45, 2.75) is 238 Å². The Kier molecular flexibility index (Phi) is 42.0. The molecule has 0 rings (SSSR count). The molecule has 1 N–H and O–H groups in total. The van der Waals surface area contributed by atoms with Crippen molar-refractivity contribution in [3.8, 4) is 0 Å². The summed E-state index contributed by atoms with van der Waals surface area (Å²) >= 11 is 0. The molecule has 304 valence electrons. The highest BCUT2D eigenvalue weighted by Gasteiger charge is 2.16. The van der Waals surface area contributed by atoms with E-state index in [9.17, 15) is 14.7 Å². The predicted octanol–water partition coefficient (Wildman–Crippen LogP) is 14.4. The van der Waals surface area contributed by atoms with Crippen LogP contribution < -0.4 is 0 Å². The molecule has 0 bridgehead atoms. The fourth-order valence-electron chi connectivity index (χ4n) is 6.46. The zero-order valence-electron chi connectivity index (χ0n) is 34.6. The largest absolute Gasteiger partial charge is 0.462 e. The zero-order valence-corrected chi connectivity index (χ0v) is 34.6. The van der Waals surface area contributed by atoms with Gasteiger partial charge in [-0.3, -0.25) is 9.59 Å². The summed E-state index contributed by atoms with van der Waals surface area (Å²) in [5, 5.41) is 9.59. The quantitative estimate of drug-likeness (QED) is 0.0385. The summed E-state index contributed by atoms with van der Waals surface area (Å²) in [5.74, 6) is -0.591. The molecule has 0 unspecified atom stereocenters. The van der Waals surface area contributed by atoms with Crippen LogP contribution in [-0.2, 0) is 19.1 Å². The molecule has 0 radical (unpaired) electrons. The zero-order chi connectivity index (χ0) is 37.8. The van der Waals surface area contributed by atoms with E-state index in [0.717, 1.165) is 44.9 Å². The first-order valence-electron chi connectivity index (χ1n) is 22.5. The second-order valence-corrected chi connectivity index (χ2v) is 15.1. The first-order chi connectivity index (χ1) is 25.6. The van der Waals surface area contributed by atoms with Gasteiger partial charge in [-0.05, 0) is 70.6 Å². The van der Waals surface area contributed by atoms with Crippen LogP contribution in [-0.4, -0.2) is 36.4 Å². The molecule has 0 aromatic carbocycles. The molecule has 52 heavy (non-hydrogen) atoms.